The fraction of sp³-hybridized carbons (Fsp3) is 0.353. The first-order valence-electron chi connectivity index (χ1n) is 8.64. The SMILES string of the molecule is O=C(CCn1cnnn1)N1CCc2[nH]nc(-c3ccc(C(F)(F)F)cc3)c2C1. The first kappa shape index (κ1) is 18.1. The number of carbonyl (C=O) groups is 1. The van der Waals surface area contributed by atoms with Gasteiger partial charge in [0.25, 0.3) is 0 Å². The Kier molecular flexibility index (Phi) is 4.57. The molecule has 3 heterocycles. The molecule has 2 aromatic heterocycles. The molecular weight excluding hydrogens is 375 g/mol. The molecule has 146 valence electrons. The molecule has 1 aliphatic rings. The molecule has 1 N–H and O–H groups in total. The Morgan fingerprint density at radius 3 is 2.68 bits per heavy atom. The van der Waals surface area contributed by atoms with E-state index in [1.165, 1.54) is 23.1 Å². The predicted octanol–water partition coefficient (Wildman–Crippen LogP) is 2.06. The molecule has 4 rings (SSSR count). The molecule has 0 saturated carbocycles. The number of alkyl halides is 3. The van der Waals surface area contributed by atoms with Crippen LogP contribution in [0.15, 0.2) is 30.6 Å². The Bertz CT molecular complexity index is 964. The molecule has 0 bridgehead atoms. The number of fused-ring (bicyclic) bond motifs is 1. The third-order valence-corrected chi connectivity index (χ3v) is 4.72. The summed E-state index contributed by atoms with van der Waals surface area (Å²) < 4.78 is 39.8. The average Bonchev–Trinajstić information content (AvgIpc) is 3.34. The normalized spacial score (nSPS) is 14.2. The zero-order chi connectivity index (χ0) is 19.7. The van der Waals surface area contributed by atoms with E-state index in [0.29, 0.717) is 37.3 Å². The van der Waals surface area contributed by atoms with Gasteiger partial charge in [0.2, 0.25) is 5.91 Å². The molecule has 0 aliphatic carbocycles. The minimum atomic E-state index is -4.38. The van der Waals surface area contributed by atoms with Gasteiger partial charge >= 0.3 is 6.18 Å². The van der Waals surface area contributed by atoms with Gasteiger partial charge in [-0.05, 0) is 22.6 Å². The molecule has 3 aromatic rings. The van der Waals surface area contributed by atoms with Crippen LogP contribution in [0.25, 0.3) is 11.3 Å². The lowest BCUT2D eigenvalue weighted by atomic mass is 10.00. The maximum Gasteiger partial charge on any atom is 0.416 e. The van der Waals surface area contributed by atoms with Crippen molar-refractivity contribution in [2.75, 3.05) is 6.54 Å². The number of nitrogens with zero attached hydrogens (tertiary/aromatic N) is 6. The number of halogens is 3. The fourth-order valence-electron chi connectivity index (χ4n) is 3.21. The van der Waals surface area contributed by atoms with Gasteiger partial charge in [0, 0.05) is 42.8 Å². The second kappa shape index (κ2) is 7.06. The number of aromatic amines is 1. The van der Waals surface area contributed by atoms with Crippen molar-refractivity contribution in [1.82, 2.24) is 35.3 Å². The zero-order valence-electron chi connectivity index (χ0n) is 14.6. The minimum absolute atomic E-state index is 0.0410. The van der Waals surface area contributed by atoms with Crippen molar-refractivity contribution >= 4 is 5.91 Å². The van der Waals surface area contributed by atoms with Crippen molar-refractivity contribution in [3.05, 3.63) is 47.4 Å². The number of nitrogens with one attached hydrogen (secondary N) is 1. The second-order valence-electron chi connectivity index (χ2n) is 6.49. The van der Waals surface area contributed by atoms with Crippen LogP contribution in [0.5, 0.6) is 0 Å². The van der Waals surface area contributed by atoms with Gasteiger partial charge in [-0.2, -0.15) is 18.3 Å². The summed E-state index contributed by atoms with van der Waals surface area (Å²) in [7, 11) is 0. The molecule has 1 amide bonds. The maximum atomic E-state index is 12.8. The van der Waals surface area contributed by atoms with Crippen LogP contribution in [0.3, 0.4) is 0 Å². The van der Waals surface area contributed by atoms with Crippen LogP contribution in [0.4, 0.5) is 13.2 Å². The molecule has 11 heteroatoms. The monoisotopic (exact) mass is 391 g/mol. The lowest BCUT2D eigenvalue weighted by Gasteiger charge is -2.27. The number of tetrazole rings is 1. The van der Waals surface area contributed by atoms with E-state index in [-0.39, 0.29) is 12.3 Å². The summed E-state index contributed by atoms with van der Waals surface area (Å²) in [5.41, 5.74) is 2.18. The number of benzene rings is 1. The van der Waals surface area contributed by atoms with E-state index in [2.05, 4.69) is 25.7 Å². The predicted molar refractivity (Wildman–Crippen MR) is 90.6 cm³/mol. The summed E-state index contributed by atoms with van der Waals surface area (Å²) in [6, 6.07) is 4.87. The van der Waals surface area contributed by atoms with Gasteiger partial charge in [0.1, 0.15) is 6.33 Å². The van der Waals surface area contributed by atoms with Gasteiger partial charge in [-0.3, -0.25) is 9.89 Å². The van der Waals surface area contributed by atoms with Gasteiger partial charge in [-0.25, -0.2) is 4.68 Å². The van der Waals surface area contributed by atoms with Crippen LogP contribution < -0.4 is 0 Å². The molecule has 1 aliphatic heterocycles. The second-order valence-corrected chi connectivity index (χ2v) is 6.49. The zero-order valence-corrected chi connectivity index (χ0v) is 14.6. The van der Waals surface area contributed by atoms with E-state index < -0.39 is 11.7 Å². The van der Waals surface area contributed by atoms with Crippen LogP contribution in [0.2, 0.25) is 0 Å². The van der Waals surface area contributed by atoms with Crippen molar-refractivity contribution < 1.29 is 18.0 Å². The van der Waals surface area contributed by atoms with E-state index in [9.17, 15) is 18.0 Å². The van der Waals surface area contributed by atoms with Crippen LogP contribution in [0.1, 0.15) is 23.2 Å². The standard InChI is InChI=1S/C17H16F3N7O/c18-17(19,20)12-3-1-11(2-4-12)16-13-9-26(7-5-14(13)22-23-16)15(28)6-8-27-10-21-24-25-27/h1-4,10H,5-9H2,(H,22,23). The summed E-state index contributed by atoms with van der Waals surface area (Å²) in [5.74, 6) is -0.0410. The number of H-pyrrole nitrogens is 1. The summed E-state index contributed by atoms with van der Waals surface area (Å²) in [6.07, 6.45) is -2.07. The third-order valence-electron chi connectivity index (χ3n) is 4.72. The lowest BCUT2D eigenvalue weighted by molar-refractivity contribution is -0.137. The molecule has 0 atom stereocenters. The number of aryl methyl sites for hydroxylation is 1. The van der Waals surface area contributed by atoms with Crippen molar-refractivity contribution in [2.24, 2.45) is 0 Å². The van der Waals surface area contributed by atoms with E-state index in [1.54, 1.807) is 4.90 Å². The molecular formula is C17H16F3N7O. The Hall–Kier alpha value is -3.24. The molecule has 0 saturated heterocycles. The molecule has 28 heavy (non-hydrogen) atoms. The van der Waals surface area contributed by atoms with Crippen molar-refractivity contribution in [3.63, 3.8) is 0 Å². The van der Waals surface area contributed by atoms with E-state index >= 15 is 0 Å². The van der Waals surface area contributed by atoms with Crippen molar-refractivity contribution in [2.45, 2.75) is 32.1 Å². The van der Waals surface area contributed by atoms with Gasteiger partial charge in [-0.1, -0.05) is 12.1 Å². The number of amides is 1. The largest absolute Gasteiger partial charge is 0.416 e. The minimum Gasteiger partial charge on any atom is -0.338 e. The number of rotatable bonds is 4. The number of aromatic nitrogens is 6. The summed E-state index contributed by atoms with van der Waals surface area (Å²) in [5, 5.41) is 18.0. The van der Waals surface area contributed by atoms with Gasteiger partial charge in [0.15, 0.2) is 0 Å². The van der Waals surface area contributed by atoms with Crippen LogP contribution in [-0.2, 0) is 30.5 Å². The van der Waals surface area contributed by atoms with Crippen molar-refractivity contribution in [3.8, 4) is 11.3 Å². The van der Waals surface area contributed by atoms with E-state index in [1.807, 2.05) is 0 Å². The highest BCUT2D eigenvalue weighted by Crippen LogP contribution is 2.33. The Balaban J connectivity index is 1.49. The Morgan fingerprint density at radius 1 is 1.21 bits per heavy atom. The average molecular weight is 391 g/mol. The quantitative estimate of drug-likeness (QED) is 0.735. The summed E-state index contributed by atoms with van der Waals surface area (Å²) in [6.45, 7) is 1.29. The van der Waals surface area contributed by atoms with Gasteiger partial charge < -0.3 is 4.90 Å². The fourth-order valence-corrected chi connectivity index (χ4v) is 3.21. The van der Waals surface area contributed by atoms with Gasteiger partial charge in [-0.15, -0.1) is 5.10 Å². The molecule has 1 aromatic carbocycles. The molecule has 0 spiro atoms. The number of carbonyl (C=O) groups excluding carboxylic acids is 1. The number of hydrogen-bond acceptors (Lipinski definition) is 5. The van der Waals surface area contributed by atoms with Crippen LogP contribution in [0, 0.1) is 0 Å². The highest BCUT2D eigenvalue weighted by Gasteiger charge is 2.31. The number of hydrogen-bond donors (Lipinski definition) is 1. The molecule has 0 radical (unpaired) electrons. The topological polar surface area (TPSA) is 92.6 Å². The molecule has 8 nitrogen and oxygen atoms in total. The van der Waals surface area contributed by atoms with Crippen LogP contribution >= 0.6 is 0 Å². The Morgan fingerprint density at radius 2 is 2.00 bits per heavy atom. The smallest absolute Gasteiger partial charge is 0.338 e. The summed E-state index contributed by atoms with van der Waals surface area (Å²) >= 11 is 0. The Labute approximate surface area is 157 Å². The highest BCUT2D eigenvalue weighted by atomic mass is 19.4. The third kappa shape index (κ3) is 3.59. The van der Waals surface area contributed by atoms with E-state index in [4.69, 9.17) is 0 Å². The van der Waals surface area contributed by atoms with Gasteiger partial charge in [0.05, 0.1) is 17.8 Å². The molecule has 0 unspecified atom stereocenters. The van der Waals surface area contributed by atoms with E-state index in [0.717, 1.165) is 23.4 Å². The molecule has 0 fully saturated rings. The summed E-state index contributed by atoms with van der Waals surface area (Å²) in [4.78, 5) is 14.2. The lowest BCUT2D eigenvalue weighted by Crippen LogP contribution is -2.36. The first-order chi connectivity index (χ1) is 13.4. The van der Waals surface area contributed by atoms with Crippen molar-refractivity contribution in [1.29, 1.82) is 0 Å². The maximum absolute atomic E-state index is 12.8. The highest BCUT2D eigenvalue weighted by molar-refractivity contribution is 5.77. The first-order valence-corrected chi connectivity index (χ1v) is 8.64. The van der Waals surface area contributed by atoms with Crippen LogP contribution in [-0.4, -0.2) is 47.8 Å².